The molecular formula is C32H35FN4O4. The van der Waals surface area contributed by atoms with Crippen LogP contribution in [0.15, 0.2) is 60.7 Å². The van der Waals surface area contributed by atoms with Crippen molar-refractivity contribution in [3.05, 3.63) is 88.9 Å². The molecule has 5 rings (SSSR count). The summed E-state index contributed by atoms with van der Waals surface area (Å²) in [5.74, 6) is 1.28. The van der Waals surface area contributed by atoms with Crippen molar-refractivity contribution in [2.24, 2.45) is 0 Å². The zero-order valence-electron chi connectivity index (χ0n) is 23.8. The summed E-state index contributed by atoms with van der Waals surface area (Å²) in [6, 6.07) is 18.2. The van der Waals surface area contributed by atoms with Crippen molar-refractivity contribution in [3.8, 4) is 17.2 Å². The smallest absolute Gasteiger partial charge is 0.319 e. The van der Waals surface area contributed by atoms with E-state index in [1.807, 2.05) is 55.5 Å². The molecule has 9 heteroatoms. The fraction of sp³-hybridized carbons (Fsp3) is 0.312. The molecule has 2 heterocycles. The van der Waals surface area contributed by atoms with Gasteiger partial charge in [-0.3, -0.25) is 9.88 Å². The van der Waals surface area contributed by atoms with Crippen LogP contribution in [0.4, 0.5) is 14.9 Å². The third-order valence-electron chi connectivity index (χ3n) is 7.52. The lowest BCUT2D eigenvalue weighted by Gasteiger charge is -2.38. The van der Waals surface area contributed by atoms with E-state index in [9.17, 15) is 9.18 Å². The molecule has 1 aliphatic rings. The van der Waals surface area contributed by atoms with Gasteiger partial charge in [0.05, 0.1) is 32.5 Å². The Hall–Kier alpha value is -4.37. The molecule has 0 radical (unpaired) electrons. The largest absolute Gasteiger partial charge is 0.497 e. The Morgan fingerprint density at radius 1 is 1.02 bits per heavy atom. The molecule has 1 aliphatic heterocycles. The molecular weight excluding hydrogens is 523 g/mol. The van der Waals surface area contributed by atoms with Gasteiger partial charge >= 0.3 is 6.03 Å². The Morgan fingerprint density at radius 3 is 2.59 bits per heavy atom. The van der Waals surface area contributed by atoms with E-state index < -0.39 is 5.82 Å². The number of amides is 2. The van der Waals surface area contributed by atoms with Crippen molar-refractivity contribution in [1.82, 2.24) is 15.2 Å². The summed E-state index contributed by atoms with van der Waals surface area (Å²) in [7, 11) is 4.74. The number of aryl methyl sites for hydroxylation is 1. The molecule has 1 atom stereocenters. The Bertz CT molecular complexity index is 1540. The van der Waals surface area contributed by atoms with Gasteiger partial charge in [0.1, 0.15) is 11.5 Å². The van der Waals surface area contributed by atoms with E-state index in [1.165, 1.54) is 13.2 Å². The molecule has 0 aliphatic carbocycles. The Balaban J connectivity index is 1.34. The Kier molecular flexibility index (Phi) is 8.54. The van der Waals surface area contributed by atoms with Gasteiger partial charge in [-0.15, -0.1) is 0 Å². The van der Waals surface area contributed by atoms with Crippen LogP contribution in [0, 0.1) is 12.7 Å². The van der Waals surface area contributed by atoms with Crippen LogP contribution in [0.3, 0.4) is 0 Å². The van der Waals surface area contributed by atoms with E-state index in [-0.39, 0.29) is 17.8 Å². The normalized spacial score (nSPS) is 14.8. The summed E-state index contributed by atoms with van der Waals surface area (Å²) in [4.78, 5) is 19.8. The molecule has 2 N–H and O–H groups in total. The number of anilines is 1. The molecule has 214 valence electrons. The highest BCUT2D eigenvalue weighted by atomic mass is 19.1. The summed E-state index contributed by atoms with van der Waals surface area (Å²) in [5.41, 5.74) is 5.42. The topological polar surface area (TPSA) is 85.0 Å². The second kappa shape index (κ2) is 12.4. The van der Waals surface area contributed by atoms with Crippen molar-refractivity contribution in [3.63, 3.8) is 0 Å². The van der Waals surface area contributed by atoms with Crippen LogP contribution in [0.2, 0.25) is 0 Å². The van der Waals surface area contributed by atoms with Gasteiger partial charge in [0, 0.05) is 48.4 Å². The minimum absolute atomic E-state index is 0.0935. The number of urea groups is 1. The maximum Gasteiger partial charge on any atom is 0.319 e. The number of pyridine rings is 1. The number of hydrogen-bond acceptors (Lipinski definition) is 6. The highest BCUT2D eigenvalue weighted by Crippen LogP contribution is 2.41. The fourth-order valence-corrected chi connectivity index (χ4v) is 5.58. The van der Waals surface area contributed by atoms with Gasteiger partial charge in [0.15, 0.2) is 11.6 Å². The van der Waals surface area contributed by atoms with Crippen molar-refractivity contribution >= 4 is 22.6 Å². The minimum Gasteiger partial charge on any atom is -0.497 e. The number of carbonyl (C=O) groups is 1. The van der Waals surface area contributed by atoms with Crippen LogP contribution in [0.1, 0.15) is 28.4 Å². The molecule has 41 heavy (non-hydrogen) atoms. The monoisotopic (exact) mass is 558 g/mol. The summed E-state index contributed by atoms with van der Waals surface area (Å²) in [5, 5.41) is 6.87. The first-order valence-corrected chi connectivity index (χ1v) is 13.6. The lowest BCUT2D eigenvalue weighted by molar-refractivity contribution is 0.179. The first-order valence-electron chi connectivity index (χ1n) is 13.6. The van der Waals surface area contributed by atoms with Gasteiger partial charge < -0.3 is 24.8 Å². The summed E-state index contributed by atoms with van der Waals surface area (Å²) >= 11 is 0. The number of benzene rings is 3. The second-order valence-electron chi connectivity index (χ2n) is 10.1. The number of rotatable bonds is 9. The van der Waals surface area contributed by atoms with Crippen LogP contribution in [0.25, 0.3) is 10.9 Å². The highest BCUT2D eigenvalue weighted by molar-refractivity contribution is 6.00. The molecule has 0 spiro atoms. The zero-order chi connectivity index (χ0) is 28.9. The number of hydrogen-bond donors (Lipinski definition) is 2. The van der Waals surface area contributed by atoms with Crippen LogP contribution in [-0.4, -0.2) is 56.9 Å². The van der Waals surface area contributed by atoms with Crippen LogP contribution >= 0.6 is 0 Å². The number of halogens is 1. The number of nitrogens with one attached hydrogen (secondary N) is 2. The number of para-hydroxylation sites is 1. The average Bonchev–Trinajstić information content (AvgIpc) is 2.97. The maximum atomic E-state index is 14.6. The third-order valence-corrected chi connectivity index (χ3v) is 7.52. The number of ether oxygens (including phenoxy) is 3. The molecule has 8 nitrogen and oxygen atoms in total. The number of carbonyl (C=O) groups excluding carboxylic acids is 1. The number of fused-ring (bicyclic) bond motifs is 2. The Morgan fingerprint density at radius 2 is 1.83 bits per heavy atom. The molecule has 0 saturated heterocycles. The first-order chi connectivity index (χ1) is 19.9. The molecule has 2 amide bonds. The summed E-state index contributed by atoms with van der Waals surface area (Å²) < 4.78 is 31.0. The van der Waals surface area contributed by atoms with Crippen molar-refractivity contribution < 1.29 is 23.4 Å². The van der Waals surface area contributed by atoms with Crippen LogP contribution in [0.5, 0.6) is 17.2 Å². The molecule has 0 fully saturated rings. The van der Waals surface area contributed by atoms with Gasteiger partial charge in [0.2, 0.25) is 0 Å². The lowest BCUT2D eigenvalue weighted by Crippen LogP contribution is -2.42. The van der Waals surface area contributed by atoms with Gasteiger partial charge in [0.25, 0.3) is 0 Å². The summed E-state index contributed by atoms with van der Waals surface area (Å²) in [6.45, 7) is 3.70. The van der Waals surface area contributed by atoms with E-state index in [2.05, 4.69) is 20.5 Å². The highest BCUT2D eigenvalue weighted by Gasteiger charge is 2.31. The van der Waals surface area contributed by atoms with Crippen molar-refractivity contribution in [2.75, 3.05) is 46.3 Å². The number of methoxy groups -OCH3 is 3. The Labute approximate surface area is 239 Å². The van der Waals surface area contributed by atoms with Crippen molar-refractivity contribution in [1.29, 1.82) is 0 Å². The van der Waals surface area contributed by atoms with Crippen LogP contribution < -0.4 is 24.8 Å². The zero-order valence-corrected chi connectivity index (χ0v) is 23.8. The molecule has 0 saturated carbocycles. The molecule has 0 bridgehead atoms. The average molecular weight is 559 g/mol. The lowest BCUT2D eigenvalue weighted by atomic mass is 9.87. The molecule has 1 aromatic heterocycles. The fourth-order valence-electron chi connectivity index (χ4n) is 5.58. The summed E-state index contributed by atoms with van der Waals surface area (Å²) in [6.07, 6.45) is 1.36. The standard InChI is InChI=1S/C32H35FN4O4/c1-20-15-27(24-7-5-6-8-26(24)35-20)36-32(38)34-12-14-37-13-11-22-18-23(39-2)19-30(41-4)31(22)28(37)17-21-9-10-29(40-3)25(33)16-21/h5-10,15-16,18-19,28H,11-14,17H2,1-4H3,(H2,34,35,36,38). The first kappa shape index (κ1) is 28.2. The maximum absolute atomic E-state index is 14.6. The van der Waals surface area contributed by atoms with E-state index in [0.717, 1.165) is 63.4 Å². The van der Waals surface area contributed by atoms with E-state index in [4.69, 9.17) is 14.2 Å². The van der Waals surface area contributed by atoms with Gasteiger partial charge in [-0.05, 0) is 61.2 Å². The van der Waals surface area contributed by atoms with E-state index >= 15 is 0 Å². The third kappa shape index (κ3) is 6.20. The quantitative estimate of drug-likeness (QED) is 0.275. The van der Waals surface area contributed by atoms with E-state index in [0.29, 0.717) is 19.5 Å². The van der Waals surface area contributed by atoms with Crippen LogP contribution in [-0.2, 0) is 12.8 Å². The van der Waals surface area contributed by atoms with Gasteiger partial charge in [-0.25, -0.2) is 9.18 Å². The SMILES string of the molecule is COc1cc2c(c(OC)c1)C(Cc1ccc(OC)c(F)c1)N(CCNC(=O)Nc1cc(C)nc3ccccc13)CC2. The van der Waals surface area contributed by atoms with Gasteiger partial charge in [-0.2, -0.15) is 0 Å². The number of nitrogens with zero attached hydrogens (tertiary/aromatic N) is 2. The molecule has 4 aromatic rings. The molecule has 3 aromatic carbocycles. The second-order valence-corrected chi connectivity index (χ2v) is 10.1. The van der Waals surface area contributed by atoms with Crippen molar-refractivity contribution in [2.45, 2.75) is 25.8 Å². The molecule has 1 unspecified atom stereocenters. The predicted octanol–water partition coefficient (Wildman–Crippen LogP) is 5.67. The number of aromatic nitrogens is 1. The van der Waals surface area contributed by atoms with Gasteiger partial charge in [-0.1, -0.05) is 24.3 Å². The minimum atomic E-state index is -0.397. The van der Waals surface area contributed by atoms with E-state index in [1.54, 1.807) is 20.3 Å². The predicted molar refractivity (Wildman–Crippen MR) is 158 cm³/mol.